The fourth-order valence-electron chi connectivity index (χ4n) is 2.60. The molecule has 3 aromatic rings. The van der Waals surface area contributed by atoms with Gasteiger partial charge in [0.05, 0.1) is 17.5 Å². The minimum atomic E-state index is -5.08. The maximum atomic E-state index is 11.8. The summed E-state index contributed by atoms with van der Waals surface area (Å²) in [6.07, 6.45) is 1.05. The number of carbonyl (C=O) groups excluding carboxylic acids is 1. The van der Waals surface area contributed by atoms with E-state index in [0.29, 0.717) is 6.54 Å². The molecule has 0 radical (unpaired) electrons. The smallest absolute Gasteiger partial charge is 0.475 e. The van der Waals surface area contributed by atoms with Crippen molar-refractivity contribution in [3.8, 4) is 22.5 Å². The molecule has 0 atom stereocenters. The largest absolute Gasteiger partial charge is 0.490 e. The number of alkyl halides is 3. The molecule has 3 aromatic heterocycles. The minimum Gasteiger partial charge on any atom is -0.475 e. The number of amides is 1. The second-order valence-electron chi connectivity index (χ2n) is 5.80. The minimum absolute atomic E-state index is 0.0112. The van der Waals surface area contributed by atoms with Crippen molar-refractivity contribution in [3.05, 3.63) is 48.0 Å². The molecule has 4 heterocycles. The number of hydrogen-bond acceptors (Lipinski definition) is 4. The first-order chi connectivity index (χ1) is 13.3. The van der Waals surface area contributed by atoms with E-state index in [2.05, 4.69) is 25.5 Å². The van der Waals surface area contributed by atoms with Crippen LogP contribution in [-0.2, 0) is 11.2 Å². The zero-order chi connectivity index (χ0) is 20.3. The Morgan fingerprint density at radius 2 is 1.96 bits per heavy atom. The van der Waals surface area contributed by atoms with Crippen LogP contribution in [-0.4, -0.2) is 49.9 Å². The van der Waals surface area contributed by atoms with Gasteiger partial charge in [0.15, 0.2) is 0 Å². The Labute approximate surface area is 155 Å². The fourth-order valence-corrected chi connectivity index (χ4v) is 2.60. The molecule has 0 aliphatic carbocycles. The third-order valence-electron chi connectivity index (χ3n) is 3.91. The van der Waals surface area contributed by atoms with Gasteiger partial charge in [0, 0.05) is 47.9 Å². The number of rotatable bonds is 2. The number of carboxylic acid groups (broad SMARTS) is 1. The van der Waals surface area contributed by atoms with Crippen LogP contribution < -0.4 is 5.32 Å². The number of hydrogen-bond donors (Lipinski definition) is 4. The third-order valence-corrected chi connectivity index (χ3v) is 3.91. The van der Waals surface area contributed by atoms with Crippen LogP contribution >= 0.6 is 0 Å². The van der Waals surface area contributed by atoms with E-state index in [1.165, 1.54) is 0 Å². The highest BCUT2D eigenvalue weighted by molar-refractivity contribution is 5.97. The van der Waals surface area contributed by atoms with Crippen LogP contribution in [0.1, 0.15) is 16.1 Å². The SMILES string of the molecule is O=C(O)C(F)(F)F.O=C1NCCc2[nH]c(-c3ccnc(-c4cn[nH]c4)c3)cc21. The lowest BCUT2D eigenvalue weighted by Gasteiger charge is -2.10. The lowest BCUT2D eigenvalue weighted by molar-refractivity contribution is -0.192. The number of aromatic amines is 2. The number of aromatic nitrogens is 4. The second-order valence-corrected chi connectivity index (χ2v) is 5.80. The number of carbonyl (C=O) groups is 2. The molecule has 8 nitrogen and oxygen atoms in total. The summed E-state index contributed by atoms with van der Waals surface area (Å²) < 4.78 is 31.7. The standard InChI is InChI=1S/C15H13N5O.C2HF3O2/c21-15-11-6-14(20-12(11)2-4-17-15)9-1-3-16-13(5-9)10-7-18-19-8-10;3-2(4,5)1(6)7/h1,3,5-8,20H,2,4H2,(H,17,21)(H,18,19);(H,6,7). The Hall–Kier alpha value is -3.63. The van der Waals surface area contributed by atoms with Crippen molar-refractivity contribution in [3.63, 3.8) is 0 Å². The number of carboxylic acids is 1. The maximum Gasteiger partial charge on any atom is 0.490 e. The molecule has 1 aliphatic heterocycles. The molecule has 0 aromatic carbocycles. The van der Waals surface area contributed by atoms with E-state index in [1.54, 1.807) is 18.6 Å². The molecule has 0 spiro atoms. The van der Waals surface area contributed by atoms with E-state index in [0.717, 1.165) is 40.2 Å². The van der Waals surface area contributed by atoms with Crippen molar-refractivity contribution in [2.24, 2.45) is 0 Å². The average Bonchev–Trinajstić information content (AvgIpc) is 3.32. The number of fused-ring (bicyclic) bond motifs is 1. The molecule has 1 aliphatic rings. The van der Waals surface area contributed by atoms with Gasteiger partial charge in [0.1, 0.15) is 0 Å². The number of H-pyrrole nitrogens is 2. The monoisotopic (exact) mass is 393 g/mol. The van der Waals surface area contributed by atoms with Crippen molar-refractivity contribution in [1.82, 2.24) is 25.5 Å². The molecule has 146 valence electrons. The first-order valence-electron chi connectivity index (χ1n) is 8.01. The molecular weight excluding hydrogens is 379 g/mol. The lowest BCUT2D eigenvalue weighted by atomic mass is 10.1. The summed E-state index contributed by atoms with van der Waals surface area (Å²) in [5.74, 6) is -2.77. The highest BCUT2D eigenvalue weighted by Gasteiger charge is 2.38. The number of nitrogens with zero attached hydrogens (tertiary/aromatic N) is 2. The zero-order valence-electron chi connectivity index (χ0n) is 14.2. The quantitative estimate of drug-likeness (QED) is 0.532. The van der Waals surface area contributed by atoms with Crippen molar-refractivity contribution >= 4 is 11.9 Å². The van der Waals surface area contributed by atoms with Gasteiger partial charge in [-0.25, -0.2) is 4.79 Å². The van der Waals surface area contributed by atoms with Crippen molar-refractivity contribution < 1.29 is 27.9 Å². The molecule has 0 saturated carbocycles. The van der Waals surface area contributed by atoms with Gasteiger partial charge < -0.3 is 15.4 Å². The first kappa shape index (κ1) is 19.1. The van der Waals surface area contributed by atoms with Gasteiger partial charge in [-0.3, -0.25) is 14.9 Å². The van der Waals surface area contributed by atoms with Gasteiger partial charge in [-0.15, -0.1) is 0 Å². The molecule has 4 N–H and O–H groups in total. The Morgan fingerprint density at radius 1 is 1.21 bits per heavy atom. The average molecular weight is 393 g/mol. The van der Waals surface area contributed by atoms with Crippen molar-refractivity contribution in [1.29, 1.82) is 0 Å². The Balaban J connectivity index is 0.000000279. The highest BCUT2D eigenvalue weighted by atomic mass is 19.4. The summed E-state index contributed by atoms with van der Waals surface area (Å²) in [5, 5.41) is 16.7. The van der Waals surface area contributed by atoms with Gasteiger partial charge in [0.25, 0.3) is 5.91 Å². The number of nitrogens with one attached hydrogen (secondary N) is 3. The van der Waals surface area contributed by atoms with Gasteiger partial charge in [-0.2, -0.15) is 18.3 Å². The van der Waals surface area contributed by atoms with Crippen LogP contribution in [0.3, 0.4) is 0 Å². The normalized spacial score (nSPS) is 13.2. The third kappa shape index (κ3) is 4.19. The molecule has 1 amide bonds. The van der Waals surface area contributed by atoms with E-state index in [-0.39, 0.29) is 5.91 Å². The van der Waals surface area contributed by atoms with E-state index < -0.39 is 12.1 Å². The number of aliphatic carboxylic acids is 1. The second kappa shape index (κ2) is 7.55. The Kier molecular flexibility index (Phi) is 5.16. The van der Waals surface area contributed by atoms with E-state index >= 15 is 0 Å². The van der Waals surface area contributed by atoms with Crippen LogP contribution in [0.2, 0.25) is 0 Å². The van der Waals surface area contributed by atoms with Gasteiger partial charge >= 0.3 is 12.1 Å². The maximum absolute atomic E-state index is 11.8. The number of halogens is 3. The first-order valence-corrected chi connectivity index (χ1v) is 8.01. The van der Waals surface area contributed by atoms with Crippen LogP contribution in [0.25, 0.3) is 22.5 Å². The Bertz CT molecular complexity index is 996. The van der Waals surface area contributed by atoms with Gasteiger partial charge in [0.2, 0.25) is 0 Å². The summed E-state index contributed by atoms with van der Waals surface area (Å²) >= 11 is 0. The van der Waals surface area contributed by atoms with Gasteiger partial charge in [-0.1, -0.05) is 0 Å². The van der Waals surface area contributed by atoms with Crippen LogP contribution in [0.4, 0.5) is 13.2 Å². The summed E-state index contributed by atoms with van der Waals surface area (Å²) in [5.41, 5.74) is 5.45. The van der Waals surface area contributed by atoms with E-state index in [9.17, 15) is 18.0 Å². The molecule has 0 unspecified atom stereocenters. The topological polar surface area (TPSA) is 124 Å². The molecule has 4 rings (SSSR count). The Morgan fingerprint density at radius 3 is 2.57 bits per heavy atom. The summed E-state index contributed by atoms with van der Waals surface area (Å²) in [6.45, 7) is 0.683. The lowest BCUT2D eigenvalue weighted by Crippen LogP contribution is -2.31. The molecule has 0 saturated heterocycles. The molecule has 28 heavy (non-hydrogen) atoms. The molecule has 11 heteroatoms. The van der Waals surface area contributed by atoms with Gasteiger partial charge in [-0.05, 0) is 18.2 Å². The van der Waals surface area contributed by atoms with Crippen LogP contribution in [0, 0.1) is 0 Å². The van der Waals surface area contributed by atoms with Crippen LogP contribution in [0.5, 0.6) is 0 Å². The predicted molar refractivity (Wildman–Crippen MR) is 91.3 cm³/mol. The predicted octanol–water partition coefficient (Wildman–Crippen LogP) is 2.39. The summed E-state index contributed by atoms with van der Waals surface area (Å²) in [6, 6.07) is 5.82. The van der Waals surface area contributed by atoms with Crippen molar-refractivity contribution in [2.45, 2.75) is 12.6 Å². The zero-order valence-corrected chi connectivity index (χ0v) is 14.2. The summed E-state index contributed by atoms with van der Waals surface area (Å²) in [4.78, 5) is 28.4. The molecule has 0 bridgehead atoms. The van der Waals surface area contributed by atoms with Crippen LogP contribution in [0.15, 0.2) is 36.8 Å². The molecular formula is C17H14F3N5O3. The molecule has 0 fully saturated rings. The highest BCUT2D eigenvalue weighted by Crippen LogP contribution is 2.26. The van der Waals surface area contributed by atoms with E-state index in [4.69, 9.17) is 9.90 Å². The van der Waals surface area contributed by atoms with Crippen molar-refractivity contribution in [2.75, 3.05) is 6.54 Å². The number of pyridine rings is 1. The van der Waals surface area contributed by atoms with E-state index in [1.807, 2.05) is 18.2 Å². The fraction of sp³-hybridized carbons (Fsp3) is 0.176. The summed E-state index contributed by atoms with van der Waals surface area (Å²) in [7, 11) is 0.